The first kappa shape index (κ1) is 11.1. The summed E-state index contributed by atoms with van der Waals surface area (Å²) in [7, 11) is 0. The minimum absolute atomic E-state index is 0.144. The van der Waals surface area contributed by atoms with Crippen LogP contribution in [-0.4, -0.2) is 27.8 Å². The molecule has 0 radical (unpaired) electrons. The lowest BCUT2D eigenvalue weighted by Crippen LogP contribution is -2.43. The minimum atomic E-state index is -0.953. The van der Waals surface area contributed by atoms with Crippen LogP contribution in [0.4, 0.5) is 0 Å². The summed E-state index contributed by atoms with van der Waals surface area (Å²) >= 11 is 0. The minimum Gasteiger partial charge on any atom is -0.481 e. The predicted molar refractivity (Wildman–Crippen MR) is 55.3 cm³/mol. The maximum Gasteiger partial charge on any atom is 0.307 e. The molecule has 0 spiro atoms. The summed E-state index contributed by atoms with van der Waals surface area (Å²) in [5.74, 6) is -2.19. The molecule has 2 N–H and O–H groups in total. The average Bonchev–Trinajstić information content (AvgIpc) is 2.47. The quantitative estimate of drug-likeness (QED) is 0.517. The highest BCUT2D eigenvalue weighted by molar-refractivity contribution is 6.46. The number of carbonyl (C=O) groups excluding carboxylic acids is 1. The number of Topliss-reactive ketones (excluding diaryl/α,β-unsaturated/α-hetero) is 1. The van der Waals surface area contributed by atoms with Crippen LogP contribution >= 0.6 is 0 Å². The third-order valence-corrected chi connectivity index (χ3v) is 4.82. The summed E-state index contributed by atoms with van der Waals surface area (Å²) in [6.45, 7) is 5.42. The molecule has 0 saturated heterocycles. The van der Waals surface area contributed by atoms with Gasteiger partial charge in [0.15, 0.2) is 5.78 Å². The van der Waals surface area contributed by atoms with Crippen LogP contribution in [0, 0.1) is 22.7 Å². The van der Waals surface area contributed by atoms with Crippen LogP contribution in [0.5, 0.6) is 0 Å². The third-order valence-electron chi connectivity index (χ3n) is 4.82. The van der Waals surface area contributed by atoms with E-state index in [1.165, 1.54) is 0 Å². The molecule has 2 aliphatic carbocycles. The average molecular weight is 225 g/mol. The number of carboxylic acids is 1. The van der Waals surface area contributed by atoms with E-state index in [1.807, 2.05) is 13.8 Å². The Morgan fingerprint density at radius 2 is 2.00 bits per heavy atom. The van der Waals surface area contributed by atoms with Crippen LogP contribution in [0.2, 0.25) is 0 Å². The molecule has 2 aliphatic rings. The molecule has 5 heteroatoms. The molecular formula is C11H15NO4. The second-order valence-electron chi connectivity index (χ2n) is 5.42. The number of rotatable bonds is 1. The van der Waals surface area contributed by atoms with Gasteiger partial charge >= 0.3 is 5.97 Å². The Bertz CT molecular complexity index is 412. The van der Waals surface area contributed by atoms with Gasteiger partial charge in [0.2, 0.25) is 0 Å². The van der Waals surface area contributed by atoms with E-state index in [0.717, 1.165) is 0 Å². The number of nitrogens with zero attached hydrogens (tertiary/aromatic N) is 1. The van der Waals surface area contributed by atoms with E-state index in [1.54, 1.807) is 6.92 Å². The van der Waals surface area contributed by atoms with Crippen molar-refractivity contribution in [2.75, 3.05) is 0 Å². The Balaban J connectivity index is 2.59. The smallest absolute Gasteiger partial charge is 0.307 e. The Morgan fingerprint density at radius 3 is 2.38 bits per heavy atom. The van der Waals surface area contributed by atoms with Crippen molar-refractivity contribution in [2.24, 2.45) is 27.8 Å². The van der Waals surface area contributed by atoms with Crippen molar-refractivity contribution in [2.45, 2.75) is 27.2 Å². The highest BCUT2D eigenvalue weighted by Gasteiger charge is 2.71. The summed E-state index contributed by atoms with van der Waals surface area (Å²) in [5, 5.41) is 21.1. The molecule has 2 saturated carbocycles. The van der Waals surface area contributed by atoms with Gasteiger partial charge in [-0.25, -0.2) is 0 Å². The second kappa shape index (κ2) is 2.84. The van der Waals surface area contributed by atoms with Crippen molar-refractivity contribution in [3.63, 3.8) is 0 Å². The first-order valence-electron chi connectivity index (χ1n) is 5.28. The maximum atomic E-state index is 12.1. The van der Waals surface area contributed by atoms with Gasteiger partial charge in [-0.3, -0.25) is 9.59 Å². The van der Waals surface area contributed by atoms with Gasteiger partial charge in [0, 0.05) is 5.92 Å². The number of carboxylic acid groups (broad SMARTS) is 1. The van der Waals surface area contributed by atoms with Crippen LogP contribution in [0.3, 0.4) is 0 Å². The Hall–Kier alpha value is -1.39. The number of aliphatic carboxylic acids is 1. The van der Waals surface area contributed by atoms with Gasteiger partial charge in [-0.1, -0.05) is 25.9 Å². The number of hydrogen-bond acceptors (Lipinski definition) is 4. The topological polar surface area (TPSA) is 87.0 Å². The predicted octanol–water partition coefficient (Wildman–Crippen LogP) is 1.15. The summed E-state index contributed by atoms with van der Waals surface area (Å²) in [5.41, 5.74) is -1.27. The number of carbonyl (C=O) groups is 2. The molecular weight excluding hydrogens is 210 g/mol. The fraction of sp³-hybridized carbons (Fsp3) is 0.727. The van der Waals surface area contributed by atoms with Crippen LogP contribution in [0.25, 0.3) is 0 Å². The maximum absolute atomic E-state index is 12.1. The van der Waals surface area contributed by atoms with E-state index >= 15 is 0 Å². The molecule has 2 fully saturated rings. The van der Waals surface area contributed by atoms with Gasteiger partial charge in [-0.15, -0.1) is 0 Å². The van der Waals surface area contributed by atoms with E-state index in [0.29, 0.717) is 6.42 Å². The number of ketones is 1. The molecule has 0 aliphatic heterocycles. The van der Waals surface area contributed by atoms with Gasteiger partial charge in [0.05, 0.1) is 11.3 Å². The number of fused-ring (bicyclic) bond motifs is 2. The molecule has 0 aromatic carbocycles. The molecule has 16 heavy (non-hydrogen) atoms. The zero-order valence-electron chi connectivity index (χ0n) is 9.52. The number of oxime groups is 1. The molecule has 88 valence electrons. The summed E-state index contributed by atoms with van der Waals surface area (Å²) in [4.78, 5) is 23.3. The highest BCUT2D eigenvalue weighted by atomic mass is 16.4. The van der Waals surface area contributed by atoms with Gasteiger partial charge < -0.3 is 10.3 Å². The fourth-order valence-corrected chi connectivity index (χ4v) is 3.37. The van der Waals surface area contributed by atoms with Crippen molar-refractivity contribution >= 4 is 17.5 Å². The van der Waals surface area contributed by atoms with Crippen LogP contribution in [-0.2, 0) is 9.59 Å². The third kappa shape index (κ3) is 0.894. The lowest BCUT2D eigenvalue weighted by molar-refractivity contribution is -0.150. The van der Waals surface area contributed by atoms with Crippen molar-refractivity contribution in [1.82, 2.24) is 0 Å². The molecule has 0 amide bonds. The monoisotopic (exact) mass is 225 g/mol. The van der Waals surface area contributed by atoms with Gasteiger partial charge in [-0.05, 0) is 11.8 Å². The van der Waals surface area contributed by atoms with Gasteiger partial charge in [0.1, 0.15) is 5.71 Å². The highest BCUT2D eigenvalue weighted by Crippen LogP contribution is 2.65. The van der Waals surface area contributed by atoms with Crippen LogP contribution in [0.1, 0.15) is 27.2 Å². The van der Waals surface area contributed by atoms with Crippen LogP contribution in [0.15, 0.2) is 5.16 Å². The number of hydrogen-bond donors (Lipinski definition) is 2. The normalized spacial score (nSPS) is 42.9. The first-order chi connectivity index (χ1) is 7.28. The Kier molecular flexibility index (Phi) is 1.97. The van der Waals surface area contributed by atoms with E-state index < -0.39 is 22.7 Å². The zero-order chi connectivity index (χ0) is 12.3. The molecule has 0 heterocycles. The molecule has 2 bridgehead atoms. The Morgan fingerprint density at radius 1 is 1.44 bits per heavy atom. The zero-order valence-corrected chi connectivity index (χ0v) is 9.52. The lowest BCUT2D eigenvalue weighted by Gasteiger charge is -2.34. The Labute approximate surface area is 93.1 Å². The molecule has 0 aromatic heterocycles. The second-order valence-corrected chi connectivity index (χ2v) is 5.42. The standard InChI is InChI=1S/C11H15NO4/c1-10(2)5-4-6(9(14)15)11(10,3)8(13)7(5)12-16/h5-6,16H,4H2,1-3H3,(H,14,15)/b12-7-. The van der Waals surface area contributed by atoms with E-state index in [4.69, 9.17) is 10.3 Å². The van der Waals surface area contributed by atoms with E-state index in [-0.39, 0.29) is 17.4 Å². The van der Waals surface area contributed by atoms with Crippen molar-refractivity contribution < 1.29 is 19.9 Å². The van der Waals surface area contributed by atoms with Gasteiger partial charge in [0.25, 0.3) is 0 Å². The molecule has 3 atom stereocenters. The largest absolute Gasteiger partial charge is 0.481 e. The van der Waals surface area contributed by atoms with Crippen molar-refractivity contribution in [1.29, 1.82) is 0 Å². The SMILES string of the molecule is CC1(C)C2CC(C(=O)O)C1(C)C(=O)/C2=N\O. The van der Waals surface area contributed by atoms with Gasteiger partial charge in [-0.2, -0.15) is 0 Å². The molecule has 5 nitrogen and oxygen atoms in total. The van der Waals surface area contributed by atoms with Crippen LogP contribution < -0.4 is 0 Å². The molecule has 2 rings (SSSR count). The first-order valence-corrected chi connectivity index (χ1v) is 5.28. The lowest BCUT2D eigenvalue weighted by atomic mass is 9.66. The van der Waals surface area contributed by atoms with E-state index in [9.17, 15) is 9.59 Å². The molecule has 0 aromatic rings. The van der Waals surface area contributed by atoms with Crippen molar-refractivity contribution in [3.8, 4) is 0 Å². The molecule has 3 unspecified atom stereocenters. The fourth-order valence-electron chi connectivity index (χ4n) is 3.37. The van der Waals surface area contributed by atoms with E-state index in [2.05, 4.69) is 5.16 Å². The summed E-state index contributed by atoms with van der Waals surface area (Å²) < 4.78 is 0. The summed E-state index contributed by atoms with van der Waals surface area (Å²) in [6.07, 6.45) is 0.379. The van der Waals surface area contributed by atoms with Crippen molar-refractivity contribution in [3.05, 3.63) is 0 Å². The summed E-state index contributed by atoms with van der Waals surface area (Å²) in [6, 6.07) is 0.